The standard InChI is InChI=1S/C26H29N3O4S2.C6H14N2O2/c1-15(2)29(25(31)18-6-4-16(3)5-7-18)21-12-22(35-23(21)26(32)33)17-8-10-19(11-9-17)28-24(30)20-13-34-14-27-20;7-4-2-1-3-5(8)6(9)10/h8-16,18H,4-7H2,1-3H3,(H,28,30)(H,32,33);5H,1-4,7-8H2,(H,9,10)/t16-,18-;5-/m.0/s1. The van der Waals surface area contributed by atoms with Crippen molar-refractivity contribution in [3.63, 3.8) is 0 Å². The van der Waals surface area contributed by atoms with Gasteiger partial charge in [0.2, 0.25) is 5.91 Å². The molecular weight excluding hydrogens is 615 g/mol. The maximum Gasteiger partial charge on any atom is 0.348 e. The van der Waals surface area contributed by atoms with Gasteiger partial charge in [-0.05, 0) is 88.6 Å². The molecule has 1 aliphatic carbocycles. The van der Waals surface area contributed by atoms with Crippen LogP contribution in [0.5, 0.6) is 0 Å². The van der Waals surface area contributed by atoms with E-state index in [1.807, 2.05) is 26.0 Å². The first kappa shape index (κ1) is 35.8. The summed E-state index contributed by atoms with van der Waals surface area (Å²) in [5.74, 6) is -1.69. The van der Waals surface area contributed by atoms with Crippen LogP contribution in [0.3, 0.4) is 0 Å². The summed E-state index contributed by atoms with van der Waals surface area (Å²) >= 11 is 2.51. The molecule has 2 amide bonds. The van der Waals surface area contributed by atoms with Gasteiger partial charge in [-0.15, -0.1) is 22.7 Å². The first-order valence-corrected chi connectivity index (χ1v) is 16.9. The number of rotatable bonds is 12. The second-order valence-corrected chi connectivity index (χ2v) is 13.3. The van der Waals surface area contributed by atoms with Gasteiger partial charge < -0.3 is 31.9 Å². The van der Waals surface area contributed by atoms with Crippen LogP contribution in [0.4, 0.5) is 11.4 Å². The summed E-state index contributed by atoms with van der Waals surface area (Å²) < 4.78 is 0. The predicted molar refractivity (Wildman–Crippen MR) is 179 cm³/mol. The van der Waals surface area contributed by atoms with E-state index in [2.05, 4.69) is 17.2 Å². The highest BCUT2D eigenvalue weighted by molar-refractivity contribution is 7.18. The van der Waals surface area contributed by atoms with E-state index in [9.17, 15) is 24.3 Å². The van der Waals surface area contributed by atoms with Gasteiger partial charge in [-0.1, -0.05) is 25.5 Å². The molecule has 1 aliphatic rings. The van der Waals surface area contributed by atoms with Crippen LogP contribution in [0.1, 0.15) is 85.9 Å². The number of aromatic carboxylic acids is 1. The number of nitrogens with two attached hydrogens (primary N) is 2. The number of carbonyl (C=O) groups is 4. The Hall–Kier alpha value is -3.65. The topological polar surface area (TPSA) is 189 Å². The summed E-state index contributed by atoms with van der Waals surface area (Å²) in [6.07, 6.45) is 5.90. The average molecular weight is 658 g/mol. The normalized spacial score (nSPS) is 16.8. The molecule has 0 bridgehead atoms. The number of benzene rings is 1. The van der Waals surface area contributed by atoms with Crippen molar-refractivity contribution in [2.45, 2.75) is 77.8 Å². The van der Waals surface area contributed by atoms with Gasteiger partial charge in [0.15, 0.2) is 0 Å². The number of nitrogens with one attached hydrogen (secondary N) is 1. The quantitative estimate of drug-likeness (QED) is 0.147. The number of carboxylic acids is 2. The number of nitrogens with zero attached hydrogens (tertiary/aromatic N) is 2. The van der Waals surface area contributed by atoms with Gasteiger partial charge in [0.05, 0.1) is 11.2 Å². The van der Waals surface area contributed by atoms with Gasteiger partial charge in [0, 0.05) is 27.9 Å². The third kappa shape index (κ3) is 10.2. The number of hydrogen-bond acceptors (Lipinski definition) is 9. The van der Waals surface area contributed by atoms with Crippen molar-refractivity contribution in [2.75, 3.05) is 16.8 Å². The van der Waals surface area contributed by atoms with E-state index in [4.69, 9.17) is 16.6 Å². The minimum atomic E-state index is -1.04. The van der Waals surface area contributed by atoms with Gasteiger partial charge >= 0.3 is 11.9 Å². The van der Waals surface area contributed by atoms with Crippen LogP contribution in [0.15, 0.2) is 41.2 Å². The molecular formula is C32H43N5O6S2. The molecule has 0 aliphatic heterocycles. The third-order valence-electron chi connectivity index (χ3n) is 7.66. The Morgan fingerprint density at radius 1 is 1.07 bits per heavy atom. The molecule has 0 unspecified atom stereocenters. The smallest absolute Gasteiger partial charge is 0.348 e. The molecule has 1 atom stereocenters. The lowest BCUT2D eigenvalue weighted by Crippen LogP contribution is -2.42. The van der Waals surface area contributed by atoms with E-state index in [1.54, 1.807) is 34.0 Å². The van der Waals surface area contributed by atoms with E-state index < -0.39 is 18.0 Å². The summed E-state index contributed by atoms with van der Waals surface area (Å²) in [5.41, 5.74) is 14.3. The molecule has 11 nitrogen and oxygen atoms in total. The van der Waals surface area contributed by atoms with Gasteiger partial charge in [-0.25, -0.2) is 9.78 Å². The van der Waals surface area contributed by atoms with E-state index >= 15 is 0 Å². The van der Waals surface area contributed by atoms with Crippen molar-refractivity contribution >= 4 is 57.8 Å². The zero-order valence-corrected chi connectivity index (χ0v) is 27.5. The van der Waals surface area contributed by atoms with Crippen LogP contribution >= 0.6 is 22.7 Å². The van der Waals surface area contributed by atoms with E-state index in [0.717, 1.165) is 60.3 Å². The summed E-state index contributed by atoms with van der Waals surface area (Å²) in [4.78, 5) is 54.6. The van der Waals surface area contributed by atoms with Crippen LogP contribution in [0, 0.1) is 11.8 Å². The van der Waals surface area contributed by atoms with Gasteiger partial charge in [0.25, 0.3) is 5.91 Å². The third-order valence-corrected chi connectivity index (χ3v) is 9.41. The number of carbonyl (C=O) groups excluding carboxylic acids is 2. The largest absolute Gasteiger partial charge is 0.480 e. The molecule has 1 fully saturated rings. The number of thiophene rings is 1. The number of aliphatic carboxylic acids is 1. The Morgan fingerprint density at radius 2 is 1.73 bits per heavy atom. The van der Waals surface area contributed by atoms with Gasteiger partial charge in [0.1, 0.15) is 16.6 Å². The van der Waals surface area contributed by atoms with Crippen LogP contribution in [0.25, 0.3) is 10.4 Å². The summed E-state index contributed by atoms with van der Waals surface area (Å²) in [6, 6.07) is 8.14. The van der Waals surface area contributed by atoms with Crippen molar-refractivity contribution in [3.8, 4) is 10.4 Å². The molecule has 13 heteroatoms. The fourth-order valence-corrected chi connectivity index (χ4v) is 6.61. The van der Waals surface area contributed by atoms with Crippen molar-refractivity contribution in [2.24, 2.45) is 23.3 Å². The van der Waals surface area contributed by atoms with E-state index in [-0.39, 0.29) is 28.7 Å². The highest BCUT2D eigenvalue weighted by Gasteiger charge is 2.33. The summed E-state index contributed by atoms with van der Waals surface area (Å²) in [7, 11) is 0. The minimum absolute atomic E-state index is 0.0128. The maximum atomic E-state index is 13.5. The Bertz CT molecular complexity index is 1420. The number of unbranched alkanes of at least 4 members (excludes halogenated alkanes) is 1. The molecule has 4 rings (SSSR count). The lowest BCUT2D eigenvalue weighted by molar-refractivity contribution is -0.138. The molecule has 1 saturated carbocycles. The molecule has 0 saturated heterocycles. The number of carboxylic acid groups (broad SMARTS) is 2. The monoisotopic (exact) mass is 657 g/mol. The van der Waals surface area contributed by atoms with Crippen LogP contribution < -0.4 is 21.7 Å². The second-order valence-electron chi connectivity index (χ2n) is 11.5. The summed E-state index contributed by atoms with van der Waals surface area (Å²) in [6.45, 7) is 6.66. The average Bonchev–Trinajstić information content (AvgIpc) is 3.70. The number of thiazole rings is 1. The van der Waals surface area contributed by atoms with E-state index in [1.165, 1.54) is 11.3 Å². The van der Waals surface area contributed by atoms with E-state index in [0.29, 0.717) is 36.0 Å². The number of amides is 2. The zero-order chi connectivity index (χ0) is 33.1. The Balaban J connectivity index is 0.000000477. The molecule has 1 aromatic carbocycles. The summed E-state index contributed by atoms with van der Waals surface area (Å²) in [5, 5.41) is 22.7. The Morgan fingerprint density at radius 3 is 2.27 bits per heavy atom. The first-order chi connectivity index (χ1) is 21.4. The number of anilines is 2. The molecule has 0 radical (unpaired) electrons. The molecule has 0 spiro atoms. The van der Waals surface area contributed by atoms with Crippen LogP contribution in [0.2, 0.25) is 0 Å². The van der Waals surface area contributed by atoms with Crippen LogP contribution in [-0.2, 0) is 9.59 Å². The zero-order valence-electron chi connectivity index (χ0n) is 25.9. The molecule has 2 aromatic heterocycles. The molecule has 45 heavy (non-hydrogen) atoms. The SMILES string of the molecule is CC(C)N(c1cc(-c2ccc(NC(=O)c3cscn3)cc2)sc1C(=O)O)C(=O)[C@H]1CC[C@H](C)CC1.NCCCC[C@H](N)C(=O)O. The van der Waals surface area contributed by atoms with Crippen LogP contribution in [-0.4, -0.2) is 57.6 Å². The van der Waals surface area contributed by atoms with Crippen molar-refractivity contribution in [1.82, 2.24) is 4.98 Å². The predicted octanol–water partition coefficient (Wildman–Crippen LogP) is 5.92. The van der Waals surface area contributed by atoms with Crippen molar-refractivity contribution < 1.29 is 29.4 Å². The second kappa shape index (κ2) is 17.2. The molecule has 244 valence electrons. The number of aromatic nitrogens is 1. The number of hydrogen-bond donors (Lipinski definition) is 5. The first-order valence-electron chi connectivity index (χ1n) is 15.1. The fraction of sp³-hybridized carbons (Fsp3) is 0.469. The van der Waals surface area contributed by atoms with Gasteiger partial charge in [-0.3, -0.25) is 14.4 Å². The van der Waals surface area contributed by atoms with Crippen molar-refractivity contribution in [3.05, 3.63) is 51.8 Å². The lowest BCUT2D eigenvalue weighted by atomic mass is 9.82. The van der Waals surface area contributed by atoms with Gasteiger partial charge in [-0.2, -0.15) is 0 Å². The Kier molecular flexibility index (Phi) is 13.7. The molecule has 2 heterocycles. The molecule has 7 N–H and O–H groups in total. The minimum Gasteiger partial charge on any atom is -0.480 e. The molecule has 3 aromatic rings. The Labute approximate surface area is 271 Å². The van der Waals surface area contributed by atoms with Crippen molar-refractivity contribution in [1.29, 1.82) is 0 Å². The highest BCUT2D eigenvalue weighted by Crippen LogP contribution is 2.40. The fourth-order valence-electron chi connectivity index (χ4n) is 5.08. The highest BCUT2D eigenvalue weighted by atomic mass is 32.1. The lowest BCUT2D eigenvalue weighted by Gasteiger charge is -2.33. The maximum absolute atomic E-state index is 13.5.